The second-order valence-electron chi connectivity index (χ2n) is 5.67. The van der Waals surface area contributed by atoms with E-state index in [1.165, 1.54) is 0 Å². The van der Waals surface area contributed by atoms with E-state index in [0.29, 0.717) is 11.0 Å². The van der Waals surface area contributed by atoms with Crippen molar-refractivity contribution in [2.45, 2.75) is 25.3 Å². The highest BCUT2D eigenvalue weighted by atomic mass is 35.5. The van der Waals surface area contributed by atoms with Crippen molar-refractivity contribution in [3.63, 3.8) is 0 Å². The van der Waals surface area contributed by atoms with Crippen molar-refractivity contribution in [2.24, 2.45) is 0 Å². The zero-order chi connectivity index (χ0) is 15.8. The molecule has 0 bridgehead atoms. The predicted octanol–water partition coefficient (Wildman–Crippen LogP) is 2.62. The minimum absolute atomic E-state index is 0.270. The third kappa shape index (κ3) is 2.77. The number of rotatable bonds is 2. The standard InChI is InChI=1S/C16H15ClN6/c17-10-1-3-14-12(6-10)15(21-8-20-14)22-11-2-4-13-9(5-11)7-19-16(18)23-13/h1,3,6-8,11H,2,4-5H2,(H2,18,19,23)(H,20,21,22). The lowest BCUT2D eigenvalue weighted by Gasteiger charge is -2.25. The van der Waals surface area contributed by atoms with Gasteiger partial charge in [0.05, 0.1) is 5.52 Å². The van der Waals surface area contributed by atoms with Gasteiger partial charge in [-0.15, -0.1) is 0 Å². The lowest BCUT2D eigenvalue weighted by Crippen LogP contribution is -2.28. The first-order valence-electron chi connectivity index (χ1n) is 7.46. The summed E-state index contributed by atoms with van der Waals surface area (Å²) in [6.45, 7) is 0. The number of benzene rings is 1. The summed E-state index contributed by atoms with van der Waals surface area (Å²) in [5.41, 5.74) is 8.71. The van der Waals surface area contributed by atoms with Crippen LogP contribution in [0.4, 0.5) is 11.8 Å². The fraction of sp³-hybridized carbons (Fsp3) is 0.250. The van der Waals surface area contributed by atoms with Gasteiger partial charge in [-0.1, -0.05) is 11.6 Å². The molecule has 0 radical (unpaired) electrons. The fourth-order valence-electron chi connectivity index (χ4n) is 2.98. The molecule has 23 heavy (non-hydrogen) atoms. The van der Waals surface area contributed by atoms with Crippen LogP contribution in [0.3, 0.4) is 0 Å². The van der Waals surface area contributed by atoms with Gasteiger partial charge in [-0.25, -0.2) is 19.9 Å². The average Bonchev–Trinajstić information content (AvgIpc) is 2.55. The molecule has 0 spiro atoms. The first kappa shape index (κ1) is 14.1. The quantitative estimate of drug-likeness (QED) is 0.752. The second kappa shape index (κ2) is 5.62. The number of aryl methyl sites for hydroxylation is 1. The van der Waals surface area contributed by atoms with Crippen LogP contribution in [-0.4, -0.2) is 26.0 Å². The number of anilines is 2. The first-order valence-corrected chi connectivity index (χ1v) is 7.84. The van der Waals surface area contributed by atoms with Crippen molar-refractivity contribution in [3.8, 4) is 0 Å². The second-order valence-corrected chi connectivity index (χ2v) is 6.10. The first-order chi connectivity index (χ1) is 11.2. The smallest absolute Gasteiger partial charge is 0.220 e. The Balaban J connectivity index is 1.62. The van der Waals surface area contributed by atoms with Crippen LogP contribution in [0.25, 0.3) is 10.9 Å². The molecule has 3 aromatic rings. The summed E-state index contributed by atoms with van der Waals surface area (Å²) in [5.74, 6) is 1.15. The fourth-order valence-corrected chi connectivity index (χ4v) is 3.16. The number of nitrogen functional groups attached to an aromatic ring is 1. The minimum Gasteiger partial charge on any atom is -0.368 e. The van der Waals surface area contributed by atoms with Crippen LogP contribution in [-0.2, 0) is 12.8 Å². The molecular weight excluding hydrogens is 312 g/mol. The number of hydrogen-bond acceptors (Lipinski definition) is 6. The average molecular weight is 327 g/mol. The molecule has 1 atom stereocenters. The van der Waals surface area contributed by atoms with E-state index in [1.807, 2.05) is 24.4 Å². The summed E-state index contributed by atoms with van der Waals surface area (Å²) in [6, 6.07) is 5.89. The Labute approximate surface area is 138 Å². The minimum atomic E-state index is 0.270. The highest BCUT2D eigenvalue weighted by Crippen LogP contribution is 2.26. The number of hydrogen-bond donors (Lipinski definition) is 2. The van der Waals surface area contributed by atoms with Crippen LogP contribution >= 0.6 is 11.6 Å². The summed E-state index contributed by atoms with van der Waals surface area (Å²) >= 11 is 6.10. The van der Waals surface area contributed by atoms with E-state index in [0.717, 1.165) is 47.2 Å². The van der Waals surface area contributed by atoms with Crippen LogP contribution in [0.1, 0.15) is 17.7 Å². The van der Waals surface area contributed by atoms with Gasteiger partial charge in [-0.3, -0.25) is 0 Å². The predicted molar refractivity (Wildman–Crippen MR) is 90.4 cm³/mol. The SMILES string of the molecule is Nc1ncc2c(n1)CCC(Nc1ncnc3ccc(Cl)cc13)C2. The summed E-state index contributed by atoms with van der Waals surface area (Å²) in [7, 11) is 0. The van der Waals surface area contributed by atoms with E-state index in [2.05, 4.69) is 25.3 Å². The number of halogens is 1. The Kier molecular flexibility index (Phi) is 3.46. The molecule has 1 unspecified atom stereocenters. The van der Waals surface area contributed by atoms with Crippen molar-refractivity contribution < 1.29 is 0 Å². The molecule has 0 amide bonds. The van der Waals surface area contributed by atoms with Gasteiger partial charge < -0.3 is 11.1 Å². The molecule has 1 aliphatic carbocycles. The highest BCUT2D eigenvalue weighted by Gasteiger charge is 2.21. The van der Waals surface area contributed by atoms with Crippen LogP contribution in [0, 0.1) is 0 Å². The van der Waals surface area contributed by atoms with Crippen molar-refractivity contribution in [1.29, 1.82) is 0 Å². The summed E-state index contributed by atoms with van der Waals surface area (Å²) in [4.78, 5) is 17.1. The zero-order valence-electron chi connectivity index (χ0n) is 12.3. The number of nitrogens with zero attached hydrogens (tertiary/aromatic N) is 4. The van der Waals surface area contributed by atoms with E-state index in [-0.39, 0.29) is 6.04 Å². The Morgan fingerprint density at radius 1 is 1.22 bits per heavy atom. The third-order valence-electron chi connectivity index (χ3n) is 4.11. The Morgan fingerprint density at radius 3 is 3.04 bits per heavy atom. The molecule has 3 N–H and O–H groups in total. The third-order valence-corrected chi connectivity index (χ3v) is 4.34. The number of nitrogens with one attached hydrogen (secondary N) is 1. The maximum absolute atomic E-state index is 6.10. The number of fused-ring (bicyclic) bond motifs is 2. The molecular formula is C16H15ClN6. The molecule has 116 valence electrons. The molecule has 0 fully saturated rings. The zero-order valence-corrected chi connectivity index (χ0v) is 13.1. The van der Waals surface area contributed by atoms with Crippen LogP contribution in [0.5, 0.6) is 0 Å². The highest BCUT2D eigenvalue weighted by molar-refractivity contribution is 6.31. The molecule has 7 heteroatoms. The van der Waals surface area contributed by atoms with E-state index in [4.69, 9.17) is 17.3 Å². The van der Waals surface area contributed by atoms with Gasteiger partial charge in [-0.2, -0.15) is 0 Å². The summed E-state index contributed by atoms with van der Waals surface area (Å²) in [6.07, 6.45) is 6.08. The Hall–Kier alpha value is -2.47. The number of nitrogens with two attached hydrogens (primary N) is 1. The molecule has 0 saturated carbocycles. The molecule has 2 heterocycles. The molecule has 4 rings (SSSR count). The Bertz CT molecular complexity index is 882. The maximum atomic E-state index is 6.10. The van der Waals surface area contributed by atoms with Gasteiger partial charge in [0.25, 0.3) is 0 Å². The topological polar surface area (TPSA) is 89.6 Å². The van der Waals surface area contributed by atoms with Crippen LogP contribution in [0.15, 0.2) is 30.7 Å². The summed E-state index contributed by atoms with van der Waals surface area (Å²) < 4.78 is 0. The van der Waals surface area contributed by atoms with Gasteiger partial charge in [0.2, 0.25) is 5.95 Å². The van der Waals surface area contributed by atoms with E-state index < -0.39 is 0 Å². The van der Waals surface area contributed by atoms with E-state index in [1.54, 1.807) is 6.33 Å². The molecule has 0 aliphatic heterocycles. The maximum Gasteiger partial charge on any atom is 0.220 e. The normalized spacial score (nSPS) is 17.0. The molecule has 6 nitrogen and oxygen atoms in total. The van der Waals surface area contributed by atoms with Crippen LogP contribution in [0.2, 0.25) is 5.02 Å². The number of aromatic nitrogens is 4. The van der Waals surface area contributed by atoms with Gasteiger partial charge in [-0.05, 0) is 43.0 Å². The van der Waals surface area contributed by atoms with Crippen molar-refractivity contribution in [1.82, 2.24) is 19.9 Å². The largest absolute Gasteiger partial charge is 0.368 e. The molecule has 1 aromatic carbocycles. The van der Waals surface area contributed by atoms with E-state index >= 15 is 0 Å². The van der Waals surface area contributed by atoms with Crippen molar-refractivity contribution in [2.75, 3.05) is 11.1 Å². The molecule has 0 saturated heterocycles. The van der Waals surface area contributed by atoms with Crippen molar-refractivity contribution >= 4 is 34.3 Å². The van der Waals surface area contributed by atoms with Gasteiger partial charge in [0.1, 0.15) is 12.1 Å². The monoisotopic (exact) mass is 326 g/mol. The van der Waals surface area contributed by atoms with Gasteiger partial charge in [0.15, 0.2) is 0 Å². The van der Waals surface area contributed by atoms with Gasteiger partial charge >= 0.3 is 0 Å². The lowest BCUT2D eigenvalue weighted by atomic mass is 9.93. The summed E-state index contributed by atoms with van der Waals surface area (Å²) in [5, 5.41) is 5.11. The van der Waals surface area contributed by atoms with Crippen molar-refractivity contribution in [3.05, 3.63) is 47.0 Å². The van der Waals surface area contributed by atoms with Gasteiger partial charge in [0, 0.05) is 28.3 Å². The lowest BCUT2D eigenvalue weighted by molar-refractivity contribution is 0.595. The van der Waals surface area contributed by atoms with E-state index in [9.17, 15) is 0 Å². The Morgan fingerprint density at radius 2 is 2.13 bits per heavy atom. The van der Waals surface area contributed by atoms with Crippen LogP contribution < -0.4 is 11.1 Å². The molecule has 1 aliphatic rings. The molecule has 2 aromatic heterocycles.